The lowest BCUT2D eigenvalue weighted by atomic mass is 10.0. The number of aromatic nitrogens is 3. The van der Waals surface area contributed by atoms with Crippen molar-refractivity contribution in [3.05, 3.63) is 120 Å². The number of aliphatic imine (C=N–C) groups is 1. The molecule has 1 aromatic heterocycles. The summed E-state index contributed by atoms with van der Waals surface area (Å²) >= 11 is 1.12. The van der Waals surface area contributed by atoms with Crippen LogP contribution in [0.2, 0.25) is 0 Å². The van der Waals surface area contributed by atoms with E-state index in [9.17, 15) is 22.8 Å². The fourth-order valence-corrected chi connectivity index (χ4v) is 5.69. The van der Waals surface area contributed by atoms with Crippen molar-refractivity contribution in [3.63, 3.8) is 0 Å². The van der Waals surface area contributed by atoms with Gasteiger partial charge < -0.3 is 10.1 Å². The van der Waals surface area contributed by atoms with E-state index in [1.165, 1.54) is 40.2 Å². The Hall–Kier alpha value is -5.50. The summed E-state index contributed by atoms with van der Waals surface area (Å²) in [6.45, 7) is 1.91. The summed E-state index contributed by atoms with van der Waals surface area (Å²) in [4.78, 5) is 35.6. The summed E-state index contributed by atoms with van der Waals surface area (Å²) in [5.74, 6) is -1.16. The van der Waals surface area contributed by atoms with Crippen molar-refractivity contribution in [1.29, 1.82) is 0 Å². The van der Waals surface area contributed by atoms with Crippen LogP contribution in [0.15, 0.2) is 102 Å². The first-order valence-electron chi connectivity index (χ1n) is 14.1. The molecule has 1 saturated heterocycles. The molecule has 238 valence electrons. The van der Waals surface area contributed by atoms with Crippen LogP contribution in [-0.2, 0) is 11.2 Å². The van der Waals surface area contributed by atoms with Gasteiger partial charge in [-0.25, -0.2) is 18.9 Å². The first-order chi connectivity index (χ1) is 22.5. The molecule has 2 heterocycles. The van der Waals surface area contributed by atoms with Crippen molar-refractivity contribution in [1.82, 2.24) is 14.8 Å². The van der Waals surface area contributed by atoms with Crippen molar-refractivity contribution >= 4 is 40.2 Å². The van der Waals surface area contributed by atoms with Crippen LogP contribution in [0.25, 0.3) is 17.1 Å². The van der Waals surface area contributed by atoms with Gasteiger partial charge in [-0.1, -0.05) is 54.2 Å². The Kier molecular flexibility index (Phi) is 8.76. The van der Waals surface area contributed by atoms with Gasteiger partial charge in [0.2, 0.25) is 5.91 Å². The molecular formula is C33H24F4N6O3S. The fraction of sp³-hybridized carbons (Fsp3) is 0.121. The highest BCUT2D eigenvalue weighted by Crippen LogP contribution is 2.32. The van der Waals surface area contributed by atoms with E-state index in [1.807, 2.05) is 55.5 Å². The number of hydrogen-bond acceptors (Lipinski definition) is 6. The molecule has 0 atom stereocenters. The summed E-state index contributed by atoms with van der Waals surface area (Å²) in [5, 5.41) is 6.87. The van der Waals surface area contributed by atoms with Crippen LogP contribution in [0.4, 0.5) is 33.7 Å². The zero-order valence-electron chi connectivity index (χ0n) is 24.5. The third-order valence-corrected chi connectivity index (χ3v) is 7.90. The molecule has 1 N–H and O–H groups in total. The maximum atomic E-state index is 15.1. The lowest BCUT2D eigenvalue weighted by molar-refractivity contribution is -0.274. The number of amidine groups is 1. The number of halogens is 4. The molecule has 0 bridgehead atoms. The van der Waals surface area contributed by atoms with E-state index in [2.05, 4.69) is 25.1 Å². The van der Waals surface area contributed by atoms with Gasteiger partial charge in [-0.05, 0) is 78.6 Å². The first kappa shape index (κ1) is 31.5. The molecule has 3 amide bonds. The van der Waals surface area contributed by atoms with Gasteiger partial charge in [0.05, 0.1) is 22.8 Å². The minimum absolute atomic E-state index is 0.0962. The van der Waals surface area contributed by atoms with Gasteiger partial charge >= 0.3 is 12.4 Å². The molecule has 14 heteroatoms. The molecule has 5 aromatic rings. The standard InChI is InChI=1S/C33H24F4N6O3S/c1-20-7-8-22(16-21-5-3-2-4-6-21)28(15-20)43-29(44)18-47-32(43)40-31(45)39-27-14-9-23(17-26(27)34)30-38-19-42(41-30)24-10-12-25(13-11-24)46-33(35,36)37/h2-15,17,19H,16,18H2,1H3,(H,39,45). The van der Waals surface area contributed by atoms with Crippen molar-refractivity contribution in [2.24, 2.45) is 4.99 Å². The van der Waals surface area contributed by atoms with Gasteiger partial charge in [0, 0.05) is 5.56 Å². The molecule has 6 rings (SSSR count). The van der Waals surface area contributed by atoms with Crippen LogP contribution in [-0.4, -0.2) is 44.0 Å². The van der Waals surface area contributed by atoms with Crippen LogP contribution < -0.4 is 15.0 Å². The number of carbonyl (C=O) groups is 2. The number of urea groups is 1. The van der Waals surface area contributed by atoms with E-state index < -0.39 is 18.2 Å². The van der Waals surface area contributed by atoms with Crippen LogP contribution in [0.3, 0.4) is 0 Å². The topological polar surface area (TPSA) is 102 Å². The number of carbonyl (C=O) groups excluding carboxylic acids is 2. The van der Waals surface area contributed by atoms with Gasteiger partial charge in [-0.3, -0.25) is 9.69 Å². The molecule has 1 aliphatic rings. The van der Waals surface area contributed by atoms with Gasteiger partial charge in [-0.15, -0.1) is 18.3 Å². The number of amides is 3. The normalized spacial score (nSPS) is 14.1. The molecule has 1 fully saturated rings. The number of thioether (sulfide) groups is 1. The zero-order chi connectivity index (χ0) is 33.1. The molecule has 0 saturated carbocycles. The van der Waals surface area contributed by atoms with E-state index in [0.29, 0.717) is 17.8 Å². The predicted octanol–water partition coefficient (Wildman–Crippen LogP) is 7.54. The quantitative estimate of drug-likeness (QED) is 0.181. The number of hydrogen-bond donors (Lipinski definition) is 1. The molecule has 0 aliphatic carbocycles. The lowest BCUT2D eigenvalue weighted by Gasteiger charge is -2.20. The third-order valence-electron chi connectivity index (χ3n) is 6.98. The third kappa shape index (κ3) is 7.49. The number of nitrogens with one attached hydrogen (secondary N) is 1. The van der Waals surface area contributed by atoms with Crippen molar-refractivity contribution in [2.75, 3.05) is 16.0 Å². The molecule has 47 heavy (non-hydrogen) atoms. The Morgan fingerprint density at radius 1 is 1.02 bits per heavy atom. The van der Waals surface area contributed by atoms with E-state index in [4.69, 9.17) is 0 Å². The molecule has 0 unspecified atom stereocenters. The summed E-state index contributed by atoms with van der Waals surface area (Å²) in [5.41, 5.74) is 4.04. The number of benzene rings is 4. The van der Waals surface area contributed by atoms with Crippen LogP contribution >= 0.6 is 11.8 Å². The SMILES string of the molecule is Cc1ccc(Cc2ccccc2)c(N2C(=O)CSC2=NC(=O)Nc2ccc(-c3ncn(-c4ccc(OC(F)(F)F)cc4)n3)cc2F)c1. The summed E-state index contributed by atoms with van der Waals surface area (Å²) in [7, 11) is 0. The second kappa shape index (κ2) is 13.1. The Labute approximate surface area is 269 Å². The minimum atomic E-state index is -4.81. The van der Waals surface area contributed by atoms with Crippen LogP contribution in [0.5, 0.6) is 5.75 Å². The zero-order valence-corrected chi connectivity index (χ0v) is 25.3. The van der Waals surface area contributed by atoms with E-state index >= 15 is 4.39 Å². The largest absolute Gasteiger partial charge is 0.573 e. The molecular weight excluding hydrogens is 636 g/mol. The highest BCUT2D eigenvalue weighted by Gasteiger charge is 2.32. The summed E-state index contributed by atoms with van der Waals surface area (Å²) in [6, 6.07) is 23.7. The summed E-state index contributed by atoms with van der Waals surface area (Å²) < 4.78 is 57.6. The minimum Gasteiger partial charge on any atom is -0.406 e. The van der Waals surface area contributed by atoms with E-state index in [0.717, 1.165) is 46.7 Å². The Balaban J connectivity index is 1.17. The fourth-order valence-electron chi connectivity index (χ4n) is 4.83. The number of aryl methyl sites for hydroxylation is 1. The monoisotopic (exact) mass is 660 g/mol. The Bertz CT molecular complexity index is 1980. The number of nitrogens with zero attached hydrogens (tertiary/aromatic N) is 5. The molecule has 1 aliphatic heterocycles. The maximum Gasteiger partial charge on any atom is 0.573 e. The number of anilines is 2. The highest BCUT2D eigenvalue weighted by atomic mass is 32.2. The average Bonchev–Trinajstić information content (AvgIpc) is 3.66. The molecule has 4 aromatic carbocycles. The van der Waals surface area contributed by atoms with Gasteiger partial charge in [0.1, 0.15) is 17.9 Å². The predicted molar refractivity (Wildman–Crippen MR) is 170 cm³/mol. The van der Waals surface area contributed by atoms with E-state index in [-0.39, 0.29) is 39.7 Å². The second-order valence-corrected chi connectivity index (χ2v) is 11.3. The summed E-state index contributed by atoms with van der Waals surface area (Å²) in [6.07, 6.45) is -2.92. The van der Waals surface area contributed by atoms with Gasteiger partial charge in [-0.2, -0.15) is 4.99 Å². The first-order valence-corrected chi connectivity index (χ1v) is 15.1. The molecule has 0 spiro atoms. The lowest BCUT2D eigenvalue weighted by Crippen LogP contribution is -2.31. The van der Waals surface area contributed by atoms with Crippen LogP contribution in [0.1, 0.15) is 16.7 Å². The smallest absolute Gasteiger partial charge is 0.406 e. The van der Waals surface area contributed by atoms with Crippen molar-refractivity contribution in [2.45, 2.75) is 19.7 Å². The van der Waals surface area contributed by atoms with Crippen molar-refractivity contribution < 1.29 is 31.9 Å². The Morgan fingerprint density at radius 2 is 1.79 bits per heavy atom. The number of ether oxygens (including phenoxy) is 1. The van der Waals surface area contributed by atoms with E-state index in [1.54, 1.807) is 0 Å². The van der Waals surface area contributed by atoms with Crippen molar-refractivity contribution in [3.8, 4) is 22.8 Å². The average molecular weight is 661 g/mol. The molecule has 0 radical (unpaired) electrons. The van der Waals surface area contributed by atoms with Crippen LogP contribution in [0, 0.1) is 12.7 Å². The Morgan fingerprint density at radius 3 is 2.51 bits per heavy atom. The second-order valence-electron chi connectivity index (χ2n) is 10.4. The van der Waals surface area contributed by atoms with Gasteiger partial charge in [0.15, 0.2) is 11.0 Å². The maximum absolute atomic E-state index is 15.1. The highest BCUT2D eigenvalue weighted by molar-refractivity contribution is 8.15. The molecule has 9 nitrogen and oxygen atoms in total. The number of rotatable bonds is 7. The van der Waals surface area contributed by atoms with Gasteiger partial charge in [0.25, 0.3) is 0 Å². The number of alkyl halides is 3.